The van der Waals surface area contributed by atoms with Gasteiger partial charge in [-0.3, -0.25) is 19.3 Å². The van der Waals surface area contributed by atoms with Gasteiger partial charge in [0.25, 0.3) is 0 Å². The molecule has 0 spiro atoms. The maximum Gasteiger partial charge on any atom is 0.224 e. The summed E-state index contributed by atoms with van der Waals surface area (Å²) < 4.78 is 6.36. The van der Waals surface area contributed by atoms with Crippen molar-refractivity contribution in [3.63, 3.8) is 0 Å². The number of ketones is 1. The van der Waals surface area contributed by atoms with E-state index in [1.54, 1.807) is 13.1 Å². The summed E-state index contributed by atoms with van der Waals surface area (Å²) >= 11 is 7.65. The first-order valence-electron chi connectivity index (χ1n) is 14.9. The number of carbonyl (C=O) groups is 3. The maximum absolute atomic E-state index is 13.7. The van der Waals surface area contributed by atoms with Gasteiger partial charge in [-0.2, -0.15) is 0 Å². The number of fused-ring (bicyclic) bond motifs is 1. The molecule has 2 aromatic rings. The lowest BCUT2D eigenvalue weighted by Crippen LogP contribution is -2.42. The predicted molar refractivity (Wildman–Crippen MR) is 164 cm³/mol. The number of nitrogens with zero attached hydrogens (tertiary/aromatic N) is 2. The van der Waals surface area contributed by atoms with Crippen molar-refractivity contribution >= 4 is 50.8 Å². The van der Waals surface area contributed by atoms with Crippen molar-refractivity contribution in [2.24, 2.45) is 11.8 Å². The molecule has 2 N–H and O–H groups in total. The second kappa shape index (κ2) is 15.8. The number of hydrogen-bond acceptors (Lipinski definition) is 7. The molecule has 1 saturated heterocycles. The Morgan fingerprint density at radius 3 is 2.68 bits per heavy atom. The van der Waals surface area contributed by atoms with Gasteiger partial charge in [-0.25, -0.2) is 4.98 Å². The molecule has 10 heteroatoms. The number of aromatic nitrogens is 1. The molecule has 224 valence electrons. The highest BCUT2D eigenvalue weighted by Crippen LogP contribution is 2.30. The van der Waals surface area contributed by atoms with E-state index in [0.717, 1.165) is 47.6 Å². The van der Waals surface area contributed by atoms with E-state index in [1.807, 2.05) is 12.1 Å². The molecule has 0 unspecified atom stereocenters. The van der Waals surface area contributed by atoms with Gasteiger partial charge in [-0.1, -0.05) is 50.3 Å². The zero-order valence-electron chi connectivity index (χ0n) is 24.1. The van der Waals surface area contributed by atoms with Crippen molar-refractivity contribution in [1.29, 1.82) is 0 Å². The number of halogens is 1. The highest BCUT2D eigenvalue weighted by atomic mass is 35.5. The summed E-state index contributed by atoms with van der Waals surface area (Å²) in [4.78, 5) is 46.0. The molecule has 1 aliphatic carbocycles. The molecular weight excluding hydrogens is 560 g/mol. The summed E-state index contributed by atoms with van der Waals surface area (Å²) in [5.41, 5.74) is 1.45. The average molecular weight is 603 g/mol. The summed E-state index contributed by atoms with van der Waals surface area (Å²) in [6.45, 7) is 7.60. The molecule has 2 heterocycles. The second-order valence-corrected chi connectivity index (χ2v) is 12.9. The van der Waals surface area contributed by atoms with Crippen molar-refractivity contribution in [1.82, 2.24) is 20.5 Å². The summed E-state index contributed by atoms with van der Waals surface area (Å²) in [5.74, 6) is -0.327. The number of hydrogen-bond donors (Lipinski definition) is 2. The average Bonchev–Trinajstić information content (AvgIpc) is 3.37. The molecule has 0 bridgehead atoms. The number of nitrogens with one attached hydrogen (secondary N) is 2. The van der Waals surface area contributed by atoms with E-state index in [-0.39, 0.29) is 30.1 Å². The Hall–Kier alpha value is -2.33. The van der Waals surface area contributed by atoms with Gasteiger partial charge < -0.3 is 15.4 Å². The van der Waals surface area contributed by atoms with Crippen LogP contribution in [0.2, 0.25) is 5.02 Å². The molecule has 0 radical (unpaired) electrons. The fraction of sp³-hybridized carbons (Fsp3) is 0.613. The zero-order chi connectivity index (χ0) is 29.2. The van der Waals surface area contributed by atoms with E-state index in [0.29, 0.717) is 55.5 Å². The van der Waals surface area contributed by atoms with Crippen molar-refractivity contribution in [3.05, 3.63) is 40.4 Å². The van der Waals surface area contributed by atoms with Crippen molar-refractivity contribution in [3.8, 4) is 0 Å². The number of ether oxygens (including phenoxy) is 1. The fourth-order valence-electron chi connectivity index (χ4n) is 5.82. The van der Waals surface area contributed by atoms with Gasteiger partial charge in [0.2, 0.25) is 11.8 Å². The molecule has 8 nitrogen and oxygen atoms in total. The van der Waals surface area contributed by atoms with E-state index in [9.17, 15) is 14.4 Å². The van der Waals surface area contributed by atoms with Gasteiger partial charge in [-0.15, -0.1) is 11.3 Å². The van der Waals surface area contributed by atoms with Gasteiger partial charge >= 0.3 is 0 Å². The Kier molecular flexibility index (Phi) is 12.2. The molecule has 1 aromatic heterocycles. The third kappa shape index (κ3) is 9.87. The second-order valence-electron chi connectivity index (χ2n) is 11.4. The van der Waals surface area contributed by atoms with Gasteiger partial charge in [0.1, 0.15) is 0 Å². The van der Waals surface area contributed by atoms with Crippen molar-refractivity contribution in [2.45, 2.75) is 70.3 Å². The number of carbonyl (C=O) groups excluding carboxylic acids is 3. The number of Topliss-reactive ketones (excluding diaryl/α,β-unsaturated/α-hetero) is 1. The summed E-state index contributed by atoms with van der Waals surface area (Å²) in [6.07, 6.45) is 8.18. The monoisotopic (exact) mass is 602 g/mol. The smallest absolute Gasteiger partial charge is 0.224 e. The molecule has 2 aliphatic rings. The SMILES string of the molecule is C=C(CN1CCOCC1)C(=O)CC[C@H](CC1CCCCC1)NC(=O)[C@@H](CC(=O)NC)Cc1nc2ccc(Cl)cc2s1. The number of rotatable bonds is 14. The third-order valence-electron chi connectivity index (χ3n) is 8.22. The Morgan fingerprint density at radius 1 is 1.20 bits per heavy atom. The van der Waals surface area contributed by atoms with Crippen molar-refractivity contribution < 1.29 is 19.1 Å². The van der Waals surface area contributed by atoms with Crippen LogP contribution in [-0.4, -0.2) is 73.4 Å². The van der Waals surface area contributed by atoms with Gasteiger partial charge in [-0.05, 0) is 37.0 Å². The normalized spacial score (nSPS) is 18.1. The molecule has 2 atom stereocenters. The largest absolute Gasteiger partial charge is 0.379 e. The number of morpholine rings is 1. The molecule has 2 amide bonds. The van der Waals surface area contributed by atoms with Crippen LogP contribution in [-0.2, 0) is 25.5 Å². The summed E-state index contributed by atoms with van der Waals surface area (Å²) in [7, 11) is 1.58. The zero-order valence-corrected chi connectivity index (χ0v) is 25.7. The molecule has 4 rings (SSSR count). The molecule has 1 aromatic carbocycles. The quantitative estimate of drug-likeness (QED) is 0.297. The Balaban J connectivity index is 1.42. The standard InChI is InChI=1S/C31H43ClN4O4S/c1-21(20-36-12-14-40-15-13-36)27(37)11-9-25(16-22-6-4-3-5-7-22)34-31(39)23(17-29(38)33-2)18-30-35-26-10-8-24(32)19-28(26)41-30/h8,10,19,22-23,25H,1,3-7,9,11-18,20H2,2H3,(H,33,38)(H,34,39)/t23-,25+/m0/s1. The molecule has 1 saturated carbocycles. The van der Waals surface area contributed by atoms with Gasteiger partial charge in [0.15, 0.2) is 5.78 Å². The number of benzene rings is 1. The van der Waals surface area contributed by atoms with E-state index in [2.05, 4.69) is 22.1 Å². The lowest BCUT2D eigenvalue weighted by atomic mass is 9.83. The topological polar surface area (TPSA) is 101 Å². The highest BCUT2D eigenvalue weighted by molar-refractivity contribution is 7.18. The van der Waals surface area contributed by atoms with Crippen molar-refractivity contribution in [2.75, 3.05) is 39.9 Å². The van der Waals surface area contributed by atoms with Crippen LogP contribution < -0.4 is 10.6 Å². The van der Waals surface area contributed by atoms with Crippen LogP contribution in [0.15, 0.2) is 30.4 Å². The minimum Gasteiger partial charge on any atom is -0.379 e. The molecular formula is C31H43ClN4O4S. The van der Waals surface area contributed by atoms with E-state index < -0.39 is 5.92 Å². The number of amides is 2. The van der Waals surface area contributed by atoms with E-state index in [1.165, 1.54) is 30.6 Å². The highest BCUT2D eigenvalue weighted by Gasteiger charge is 2.28. The third-order valence-corrected chi connectivity index (χ3v) is 9.49. The number of thiazole rings is 1. The van der Waals surface area contributed by atoms with E-state index >= 15 is 0 Å². The van der Waals surface area contributed by atoms with Gasteiger partial charge in [0, 0.05) is 62.6 Å². The molecule has 2 fully saturated rings. The maximum atomic E-state index is 13.7. The summed E-state index contributed by atoms with van der Waals surface area (Å²) in [6, 6.07) is 5.41. The van der Waals surface area contributed by atoms with Crippen LogP contribution >= 0.6 is 22.9 Å². The minimum atomic E-state index is -0.563. The first-order chi connectivity index (χ1) is 19.8. The lowest BCUT2D eigenvalue weighted by molar-refractivity contribution is -0.130. The minimum absolute atomic E-state index is 0.0504. The van der Waals surface area contributed by atoms with Crippen LogP contribution in [0.1, 0.15) is 62.8 Å². The Labute approximate surface area is 252 Å². The van der Waals surface area contributed by atoms with Gasteiger partial charge in [0.05, 0.1) is 34.4 Å². The van der Waals surface area contributed by atoms with Crippen LogP contribution in [0.5, 0.6) is 0 Å². The fourth-order valence-corrected chi connectivity index (χ4v) is 7.14. The molecule has 1 aliphatic heterocycles. The van der Waals surface area contributed by atoms with Crippen LogP contribution in [0, 0.1) is 11.8 Å². The lowest BCUT2D eigenvalue weighted by Gasteiger charge is -2.29. The molecule has 41 heavy (non-hydrogen) atoms. The summed E-state index contributed by atoms with van der Waals surface area (Å²) in [5, 5.41) is 7.35. The first kappa shape index (κ1) is 31.6. The van der Waals surface area contributed by atoms with E-state index in [4.69, 9.17) is 21.3 Å². The van der Waals surface area contributed by atoms with Crippen LogP contribution in [0.4, 0.5) is 0 Å². The Morgan fingerprint density at radius 2 is 1.95 bits per heavy atom. The van der Waals surface area contributed by atoms with Crippen LogP contribution in [0.3, 0.4) is 0 Å². The first-order valence-corrected chi connectivity index (χ1v) is 16.1. The van der Waals surface area contributed by atoms with Crippen LogP contribution in [0.25, 0.3) is 10.2 Å². The predicted octanol–water partition coefficient (Wildman–Crippen LogP) is 4.94. The Bertz CT molecular complexity index is 1210.